The van der Waals surface area contributed by atoms with E-state index in [9.17, 15) is 0 Å². The fourth-order valence-corrected chi connectivity index (χ4v) is 3.01. The Morgan fingerprint density at radius 1 is 1.19 bits per heavy atom. The lowest BCUT2D eigenvalue weighted by molar-refractivity contribution is 0.0135. The van der Waals surface area contributed by atoms with Crippen molar-refractivity contribution in [3.05, 3.63) is 23.7 Å². The van der Waals surface area contributed by atoms with Crippen LogP contribution < -0.4 is 10.6 Å². The highest BCUT2D eigenvalue weighted by molar-refractivity contribution is 14.0. The van der Waals surface area contributed by atoms with Gasteiger partial charge in [0.1, 0.15) is 11.5 Å². The minimum absolute atomic E-state index is 0. The predicted molar refractivity (Wildman–Crippen MR) is 117 cm³/mol. The third-order valence-electron chi connectivity index (χ3n) is 4.42. The number of unbranched alkanes of at least 4 members (excludes halogenated alkanes) is 2. The first-order valence-electron chi connectivity index (χ1n) is 9.65. The predicted octanol–water partition coefficient (Wildman–Crippen LogP) is 3.32. The number of nitrogens with zero attached hydrogens (tertiary/aromatic N) is 2. The Morgan fingerprint density at radius 2 is 1.96 bits per heavy atom. The number of guanidine groups is 1. The van der Waals surface area contributed by atoms with Crippen LogP contribution in [-0.2, 0) is 4.74 Å². The molecular weight excluding hydrogens is 443 g/mol. The molecule has 1 aliphatic heterocycles. The SMILES string of the molecule is CCCCCNC(=NCC(c1ccc(C)o1)N1CCOCC1)NCC.I. The van der Waals surface area contributed by atoms with Crippen LogP contribution >= 0.6 is 24.0 Å². The highest BCUT2D eigenvalue weighted by Crippen LogP contribution is 2.24. The maximum atomic E-state index is 5.91. The maximum Gasteiger partial charge on any atom is 0.191 e. The fourth-order valence-electron chi connectivity index (χ4n) is 3.01. The standard InChI is InChI=1S/C19H34N4O2.HI/c1-4-6-7-10-21-19(20-5-2)22-15-17(18-9-8-16(3)25-18)23-11-13-24-14-12-23;/h8-9,17H,4-7,10-15H2,1-3H3,(H2,20,21,22);1H. The van der Waals surface area contributed by atoms with Gasteiger partial charge < -0.3 is 19.8 Å². The zero-order valence-corrected chi connectivity index (χ0v) is 18.8. The molecule has 1 aromatic rings. The van der Waals surface area contributed by atoms with Crippen LogP contribution in [0.2, 0.25) is 0 Å². The average molecular weight is 478 g/mol. The van der Waals surface area contributed by atoms with Gasteiger partial charge in [0.15, 0.2) is 5.96 Å². The van der Waals surface area contributed by atoms with Crippen LogP contribution in [0.3, 0.4) is 0 Å². The molecule has 0 bridgehead atoms. The lowest BCUT2D eigenvalue weighted by Gasteiger charge is -2.32. The number of ether oxygens (including phenoxy) is 1. The quantitative estimate of drug-likeness (QED) is 0.247. The van der Waals surface area contributed by atoms with Gasteiger partial charge in [-0.25, -0.2) is 0 Å². The molecule has 7 heteroatoms. The third-order valence-corrected chi connectivity index (χ3v) is 4.42. The van der Waals surface area contributed by atoms with Crippen molar-refractivity contribution in [1.82, 2.24) is 15.5 Å². The summed E-state index contributed by atoms with van der Waals surface area (Å²) >= 11 is 0. The Hall–Kier alpha value is -0.800. The molecule has 0 saturated carbocycles. The number of morpholine rings is 1. The summed E-state index contributed by atoms with van der Waals surface area (Å²) in [7, 11) is 0. The minimum atomic E-state index is 0. The Bertz CT molecular complexity index is 515. The number of aryl methyl sites for hydroxylation is 1. The molecule has 1 aromatic heterocycles. The van der Waals surface area contributed by atoms with Gasteiger partial charge in [0, 0.05) is 26.2 Å². The molecular formula is C19H35IN4O2. The molecule has 1 saturated heterocycles. The summed E-state index contributed by atoms with van der Waals surface area (Å²) in [5.74, 6) is 2.83. The van der Waals surface area contributed by atoms with Crippen molar-refractivity contribution in [1.29, 1.82) is 0 Å². The Balaban J connectivity index is 0.00000338. The molecule has 1 fully saturated rings. The van der Waals surface area contributed by atoms with Crippen LogP contribution in [0, 0.1) is 6.92 Å². The second-order valence-electron chi connectivity index (χ2n) is 6.47. The Labute approximate surface area is 175 Å². The van der Waals surface area contributed by atoms with E-state index in [0.717, 1.165) is 56.9 Å². The van der Waals surface area contributed by atoms with Gasteiger partial charge in [-0.15, -0.1) is 24.0 Å². The lowest BCUT2D eigenvalue weighted by atomic mass is 10.1. The Morgan fingerprint density at radius 3 is 2.58 bits per heavy atom. The summed E-state index contributed by atoms with van der Waals surface area (Å²) in [6.07, 6.45) is 3.64. The van der Waals surface area contributed by atoms with Gasteiger partial charge in [0.2, 0.25) is 0 Å². The number of rotatable bonds is 9. The number of hydrogen-bond donors (Lipinski definition) is 2. The van der Waals surface area contributed by atoms with E-state index in [4.69, 9.17) is 14.1 Å². The van der Waals surface area contributed by atoms with Gasteiger partial charge >= 0.3 is 0 Å². The van der Waals surface area contributed by atoms with E-state index in [1.165, 1.54) is 19.3 Å². The van der Waals surface area contributed by atoms with Gasteiger partial charge in [-0.1, -0.05) is 19.8 Å². The first-order valence-corrected chi connectivity index (χ1v) is 9.65. The molecule has 0 spiro atoms. The first-order chi connectivity index (χ1) is 12.2. The van der Waals surface area contributed by atoms with Crippen molar-refractivity contribution in [2.24, 2.45) is 4.99 Å². The summed E-state index contributed by atoms with van der Waals surface area (Å²) in [6, 6.07) is 4.26. The number of furan rings is 1. The molecule has 0 aromatic carbocycles. The second kappa shape index (κ2) is 13.4. The van der Waals surface area contributed by atoms with E-state index in [-0.39, 0.29) is 30.0 Å². The monoisotopic (exact) mass is 478 g/mol. The summed E-state index contributed by atoms with van der Waals surface area (Å²) in [6.45, 7) is 12.2. The van der Waals surface area contributed by atoms with E-state index in [1.54, 1.807) is 0 Å². The van der Waals surface area contributed by atoms with Gasteiger partial charge in [0.25, 0.3) is 0 Å². The molecule has 0 amide bonds. The maximum absolute atomic E-state index is 5.91. The molecule has 2 N–H and O–H groups in total. The molecule has 1 aliphatic rings. The normalized spacial score (nSPS) is 16.8. The highest BCUT2D eigenvalue weighted by Gasteiger charge is 2.25. The van der Waals surface area contributed by atoms with Crippen molar-refractivity contribution in [3.8, 4) is 0 Å². The van der Waals surface area contributed by atoms with E-state index < -0.39 is 0 Å². The molecule has 150 valence electrons. The summed E-state index contributed by atoms with van der Waals surface area (Å²) < 4.78 is 11.4. The summed E-state index contributed by atoms with van der Waals surface area (Å²) in [5, 5.41) is 6.78. The molecule has 1 unspecified atom stereocenters. The molecule has 0 radical (unpaired) electrons. The van der Waals surface area contributed by atoms with E-state index in [1.807, 2.05) is 13.0 Å². The molecule has 2 rings (SSSR count). The van der Waals surface area contributed by atoms with Crippen molar-refractivity contribution in [2.45, 2.75) is 46.1 Å². The molecule has 1 atom stereocenters. The number of aliphatic imine (C=N–C) groups is 1. The third kappa shape index (κ3) is 7.84. The lowest BCUT2D eigenvalue weighted by Crippen LogP contribution is -2.41. The molecule has 2 heterocycles. The molecule has 0 aliphatic carbocycles. The van der Waals surface area contributed by atoms with Gasteiger partial charge in [-0.2, -0.15) is 0 Å². The number of nitrogens with one attached hydrogen (secondary N) is 2. The molecule has 6 nitrogen and oxygen atoms in total. The van der Waals surface area contributed by atoms with Crippen LogP contribution in [0.4, 0.5) is 0 Å². The van der Waals surface area contributed by atoms with Crippen LogP contribution in [0.1, 0.15) is 50.7 Å². The van der Waals surface area contributed by atoms with Crippen LogP contribution in [0.5, 0.6) is 0 Å². The number of hydrogen-bond acceptors (Lipinski definition) is 4. The van der Waals surface area contributed by atoms with Gasteiger partial charge in [0.05, 0.1) is 25.8 Å². The largest absolute Gasteiger partial charge is 0.465 e. The summed E-state index contributed by atoms with van der Waals surface area (Å²) in [5.41, 5.74) is 0. The van der Waals surface area contributed by atoms with Crippen LogP contribution in [-0.4, -0.2) is 56.8 Å². The van der Waals surface area contributed by atoms with Gasteiger partial charge in [-0.3, -0.25) is 9.89 Å². The van der Waals surface area contributed by atoms with E-state index in [2.05, 4.69) is 35.4 Å². The fraction of sp³-hybridized carbons (Fsp3) is 0.737. The second-order valence-corrected chi connectivity index (χ2v) is 6.47. The highest BCUT2D eigenvalue weighted by atomic mass is 127. The smallest absolute Gasteiger partial charge is 0.191 e. The molecule has 26 heavy (non-hydrogen) atoms. The number of halogens is 1. The zero-order chi connectivity index (χ0) is 17.9. The van der Waals surface area contributed by atoms with Gasteiger partial charge in [-0.05, 0) is 32.4 Å². The topological polar surface area (TPSA) is 62.0 Å². The first kappa shape index (κ1) is 23.2. The zero-order valence-electron chi connectivity index (χ0n) is 16.4. The Kier molecular flexibility index (Phi) is 12.0. The van der Waals surface area contributed by atoms with Crippen molar-refractivity contribution in [2.75, 3.05) is 45.9 Å². The van der Waals surface area contributed by atoms with Crippen molar-refractivity contribution >= 4 is 29.9 Å². The van der Waals surface area contributed by atoms with Crippen molar-refractivity contribution < 1.29 is 9.15 Å². The van der Waals surface area contributed by atoms with Crippen LogP contribution in [0.25, 0.3) is 0 Å². The van der Waals surface area contributed by atoms with Crippen molar-refractivity contribution in [3.63, 3.8) is 0 Å². The minimum Gasteiger partial charge on any atom is -0.465 e. The average Bonchev–Trinajstić information content (AvgIpc) is 3.06. The van der Waals surface area contributed by atoms with E-state index in [0.29, 0.717) is 6.54 Å². The van der Waals surface area contributed by atoms with Crippen LogP contribution in [0.15, 0.2) is 21.5 Å². The van der Waals surface area contributed by atoms with E-state index >= 15 is 0 Å². The summed E-state index contributed by atoms with van der Waals surface area (Å²) in [4.78, 5) is 7.23.